The zero-order valence-electron chi connectivity index (χ0n) is 6.94. The molecule has 0 saturated heterocycles. The summed E-state index contributed by atoms with van der Waals surface area (Å²) in [6.45, 7) is 0. The molecule has 0 amide bonds. The number of carbonyl (C=O) groups is 1. The Labute approximate surface area is 86.3 Å². The highest BCUT2D eigenvalue weighted by Gasteiger charge is 2.35. The van der Waals surface area contributed by atoms with Gasteiger partial charge in [0, 0.05) is 21.1 Å². The van der Waals surface area contributed by atoms with Gasteiger partial charge in [-0.1, -0.05) is 34.8 Å². The van der Waals surface area contributed by atoms with Crippen LogP contribution in [0.25, 0.3) is 0 Å². The molecule has 0 aliphatic rings. The molecule has 0 aliphatic heterocycles. The monoisotopic (exact) mass is 230 g/mol. The third-order valence-electron chi connectivity index (χ3n) is 1.10. The summed E-state index contributed by atoms with van der Waals surface area (Å²) in [4.78, 5) is 16.5. The van der Waals surface area contributed by atoms with E-state index in [1.54, 1.807) is 14.1 Å². The van der Waals surface area contributed by atoms with E-state index in [1.165, 1.54) is 11.9 Å². The number of halogens is 3. The lowest BCUT2D eigenvalue weighted by atomic mass is 10.4. The van der Waals surface area contributed by atoms with Crippen LogP contribution in [0.4, 0.5) is 0 Å². The minimum atomic E-state index is -1.93. The molecule has 0 fully saturated rings. The molecule has 0 aromatic heterocycles. The molecule has 0 aliphatic carbocycles. The fourth-order valence-corrected chi connectivity index (χ4v) is 0.885. The molecule has 0 aromatic rings. The summed E-state index contributed by atoms with van der Waals surface area (Å²) in [7, 11) is 4.76. The van der Waals surface area contributed by atoms with Crippen molar-refractivity contribution in [2.24, 2.45) is 4.99 Å². The first-order chi connectivity index (χ1) is 5.30. The van der Waals surface area contributed by atoms with Gasteiger partial charge in [0.15, 0.2) is 5.84 Å². The largest absolute Gasteiger partial charge is 0.360 e. The molecule has 70 valence electrons. The molecule has 0 unspecified atom stereocenters. The van der Waals surface area contributed by atoms with E-state index >= 15 is 0 Å². The van der Waals surface area contributed by atoms with Crippen LogP contribution >= 0.6 is 34.8 Å². The maximum absolute atomic E-state index is 11.3. The Kier molecular flexibility index (Phi) is 4.31. The highest BCUT2D eigenvalue weighted by molar-refractivity contribution is 6.82. The summed E-state index contributed by atoms with van der Waals surface area (Å²) in [5, 5.41) is 0. The average Bonchev–Trinajstić information content (AvgIpc) is 1.86. The van der Waals surface area contributed by atoms with Gasteiger partial charge in [0.2, 0.25) is 5.78 Å². The third kappa shape index (κ3) is 3.17. The smallest absolute Gasteiger partial charge is 0.256 e. The number of ketones is 1. The van der Waals surface area contributed by atoms with Gasteiger partial charge in [-0.15, -0.1) is 0 Å². The fraction of sp³-hybridized carbons (Fsp3) is 0.667. The van der Waals surface area contributed by atoms with Crippen molar-refractivity contribution in [1.29, 1.82) is 0 Å². The Bertz CT molecular complexity index is 207. The van der Waals surface area contributed by atoms with Gasteiger partial charge in [0.1, 0.15) is 0 Å². The van der Waals surface area contributed by atoms with Crippen LogP contribution in [0.2, 0.25) is 0 Å². The van der Waals surface area contributed by atoms with Crippen LogP contribution < -0.4 is 0 Å². The Morgan fingerprint density at radius 2 is 1.75 bits per heavy atom. The maximum atomic E-state index is 11.3. The Morgan fingerprint density at radius 1 is 1.33 bits per heavy atom. The van der Waals surface area contributed by atoms with Gasteiger partial charge in [0.25, 0.3) is 3.79 Å². The number of nitrogens with zero attached hydrogens (tertiary/aromatic N) is 2. The molecule has 12 heavy (non-hydrogen) atoms. The molecule has 0 aromatic carbocycles. The van der Waals surface area contributed by atoms with Crippen LogP contribution in [-0.4, -0.2) is 41.5 Å². The van der Waals surface area contributed by atoms with Crippen molar-refractivity contribution in [3.05, 3.63) is 0 Å². The molecule has 0 saturated carbocycles. The Hall–Kier alpha value is 0.01000. The minimum Gasteiger partial charge on any atom is -0.360 e. The summed E-state index contributed by atoms with van der Waals surface area (Å²) in [6, 6.07) is 0. The van der Waals surface area contributed by atoms with Gasteiger partial charge in [-0.25, -0.2) is 0 Å². The molecule has 0 heterocycles. The molecule has 6 heteroatoms. The van der Waals surface area contributed by atoms with E-state index in [1.807, 2.05) is 0 Å². The van der Waals surface area contributed by atoms with Gasteiger partial charge in [0.05, 0.1) is 0 Å². The van der Waals surface area contributed by atoms with E-state index < -0.39 is 9.58 Å². The van der Waals surface area contributed by atoms with Crippen molar-refractivity contribution in [1.82, 2.24) is 4.90 Å². The summed E-state index contributed by atoms with van der Waals surface area (Å²) >= 11 is 16.1. The zero-order chi connectivity index (χ0) is 9.94. The van der Waals surface area contributed by atoms with Crippen LogP contribution in [0.15, 0.2) is 4.99 Å². The first-order valence-electron chi connectivity index (χ1n) is 3.06. The molecular weight excluding hydrogens is 222 g/mol. The van der Waals surface area contributed by atoms with Gasteiger partial charge in [-0.05, 0) is 0 Å². The van der Waals surface area contributed by atoms with Gasteiger partial charge < -0.3 is 4.90 Å². The normalized spacial score (nSPS) is 13.0. The van der Waals surface area contributed by atoms with Crippen molar-refractivity contribution >= 4 is 46.4 Å². The zero-order valence-corrected chi connectivity index (χ0v) is 9.20. The summed E-state index contributed by atoms with van der Waals surface area (Å²) < 4.78 is -1.93. The SMILES string of the molecule is CN=C(C(=O)C(Cl)(Cl)Cl)N(C)C. The van der Waals surface area contributed by atoms with Crippen LogP contribution in [0.3, 0.4) is 0 Å². The molecule has 0 radical (unpaired) electrons. The Balaban J connectivity index is 4.69. The fourth-order valence-electron chi connectivity index (χ4n) is 0.631. The molecule has 0 N–H and O–H groups in total. The average molecular weight is 232 g/mol. The van der Waals surface area contributed by atoms with Gasteiger partial charge >= 0.3 is 0 Å². The van der Waals surface area contributed by atoms with E-state index in [0.717, 1.165) is 0 Å². The van der Waals surface area contributed by atoms with E-state index in [2.05, 4.69) is 4.99 Å². The second kappa shape index (κ2) is 4.30. The molecule has 0 bridgehead atoms. The van der Waals surface area contributed by atoms with Crippen LogP contribution in [0, 0.1) is 0 Å². The highest BCUT2D eigenvalue weighted by atomic mass is 35.6. The van der Waals surface area contributed by atoms with Crippen molar-refractivity contribution in [2.75, 3.05) is 21.1 Å². The van der Waals surface area contributed by atoms with Crippen molar-refractivity contribution < 1.29 is 4.79 Å². The molecule has 0 atom stereocenters. The van der Waals surface area contributed by atoms with Gasteiger partial charge in [-0.2, -0.15) is 0 Å². The van der Waals surface area contributed by atoms with E-state index in [-0.39, 0.29) is 5.84 Å². The lowest BCUT2D eigenvalue weighted by molar-refractivity contribution is -0.112. The van der Waals surface area contributed by atoms with Crippen LogP contribution in [0.1, 0.15) is 0 Å². The van der Waals surface area contributed by atoms with Crippen LogP contribution in [-0.2, 0) is 4.79 Å². The second-order valence-electron chi connectivity index (χ2n) is 2.27. The number of hydrogen-bond donors (Lipinski definition) is 0. The number of aliphatic imine (C=N–C) groups is 1. The summed E-state index contributed by atoms with van der Waals surface area (Å²) in [5.41, 5.74) is 0. The molecule has 3 nitrogen and oxygen atoms in total. The standard InChI is InChI=1S/C6H9Cl3N2O/c1-10-5(11(2)3)4(12)6(7,8)9/h1-3H3. The number of rotatable bonds is 1. The third-order valence-corrected chi connectivity index (χ3v) is 1.61. The number of Topliss-reactive ketones (excluding diaryl/α,β-unsaturated/α-hetero) is 1. The predicted molar refractivity (Wildman–Crippen MR) is 52.3 cm³/mol. The minimum absolute atomic E-state index is 0.134. The van der Waals surface area contributed by atoms with Crippen molar-refractivity contribution in [2.45, 2.75) is 3.79 Å². The molecule has 0 rings (SSSR count). The quantitative estimate of drug-likeness (QED) is 0.389. The molecule has 0 spiro atoms. The number of amidine groups is 1. The number of alkyl halides is 3. The maximum Gasteiger partial charge on any atom is 0.256 e. The highest BCUT2D eigenvalue weighted by Crippen LogP contribution is 2.27. The Morgan fingerprint density at radius 3 is 1.83 bits per heavy atom. The summed E-state index contributed by atoms with van der Waals surface area (Å²) in [6.07, 6.45) is 0. The van der Waals surface area contributed by atoms with E-state index in [9.17, 15) is 4.79 Å². The van der Waals surface area contributed by atoms with E-state index in [0.29, 0.717) is 0 Å². The predicted octanol–water partition coefficient (Wildman–Crippen LogP) is 1.52. The topological polar surface area (TPSA) is 32.7 Å². The first-order valence-corrected chi connectivity index (χ1v) is 4.19. The number of hydrogen-bond acceptors (Lipinski definition) is 2. The first kappa shape index (κ1) is 12.0. The lowest BCUT2D eigenvalue weighted by Gasteiger charge is -2.17. The summed E-state index contributed by atoms with van der Waals surface area (Å²) in [5.74, 6) is -0.491. The van der Waals surface area contributed by atoms with Crippen LogP contribution in [0.5, 0.6) is 0 Å². The number of likely N-dealkylation sites (N-methyl/N-ethyl adjacent to an activating group) is 1. The lowest BCUT2D eigenvalue weighted by Crippen LogP contribution is -2.37. The second-order valence-corrected chi connectivity index (χ2v) is 4.55. The molecular formula is C6H9Cl3N2O. The van der Waals surface area contributed by atoms with Gasteiger partial charge in [-0.3, -0.25) is 9.79 Å². The van der Waals surface area contributed by atoms with Crippen molar-refractivity contribution in [3.8, 4) is 0 Å². The van der Waals surface area contributed by atoms with E-state index in [4.69, 9.17) is 34.8 Å². The van der Waals surface area contributed by atoms with Crippen molar-refractivity contribution in [3.63, 3.8) is 0 Å². The number of carbonyl (C=O) groups excluding carboxylic acids is 1.